The number of methoxy groups -OCH3 is 1. The lowest BCUT2D eigenvalue weighted by Gasteiger charge is -2.14. The van der Waals surface area contributed by atoms with Crippen LogP contribution in [0.2, 0.25) is 0 Å². The number of nitrogens with zero attached hydrogens (tertiary/aromatic N) is 1. The molecule has 2 aromatic heterocycles. The number of nitrogens with one attached hydrogen (secondary N) is 1. The van der Waals surface area contributed by atoms with Gasteiger partial charge >= 0.3 is 0 Å². The third-order valence-electron chi connectivity index (χ3n) is 4.70. The number of hydrogen-bond acceptors (Lipinski definition) is 2. The number of rotatable bonds is 4. The highest BCUT2D eigenvalue weighted by Gasteiger charge is 2.21. The number of fused-ring (bicyclic) bond motifs is 1. The summed E-state index contributed by atoms with van der Waals surface area (Å²) in [5, 5.41) is 1.14. The van der Waals surface area contributed by atoms with E-state index >= 15 is 0 Å². The first kappa shape index (κ1) is 15.5. The van der Waals surface area contributed by atoms with Crippen LogP contribution in [-0.4, -0.2) is 17.1 Å². The monoisotopic (exact) mass is 328 g/mol. The van der Waals surface area contributed by atoms with E-state index in [1.165, 1.54) is 22.4 Å². The molecule has 3 nitrogen and oxygen atoms in total. The van der Waals surface area contributed by atoms with Gasteiger partial charge in [0.05, 0.1) is 7.11 Å². The van der Waals surface area contributed by atoms with Crippen molar-refractivity contribution in [1.29, 1.82) is 0 Å². The van der Waals surface area contributed by atoms with Crippen LogP contribution in [0, 0.1) is 0 Å². The molecular formula is C22H20N2O. The Hall–Kier alpha value is -3.07. The second-order valence-electron chi connectivity index (χ2n) is 6.15. The minimum atomic E-state index is 0.230. The zero-order chi connectivity index (χ0) is 17.2. The normalized spacial score (nSPS) is 12.2. The van der Waals surface area contributed by atoms with Gasteiger partial charge in [0.2, 0.25) is 5.88 Å². The highest BCUT2D eigenvalue weighted by atomic mass is 16.5. The number of aromatic nitrogens is 2. The van der Waals surface area contributed by atoms with Crippen molar-refractivity contribution in [2.24, 2.45) is 0 Å². The molecule has 2 heterocycles. The Labute approximate surface area is 147 Å². The molecule has 0 radical (unpaired) electrons. The molecule has 1 N–H and O–H groups in total. The van der Waals surface area contributed by atoms with Crippen LogP contribution in [0.15, 0.2) is 72.9 Å². The van der Waals surface area contributed by atoms with Crippen LogP contribution in [0.4, 0.5) is 0 Å². The van der Waals surface area contributed by atoms with Crippen molar-refractivity contribution in [1.82, 2.24) is 9.97 Å². The first-order valence-electron chi connectivity index (χ1n) is 8.44. The summed E-state index contributed by atoms with van der Waals surface area (Å²) in [5.41, 5.74) is 5.81. The third kappa shape index (κ3) is 2.68. The van der Waals surface area contributed by atoms with Crippen LogP contribution in [0.1, 0.15) is 24.1 Å². The average Bonchev–Trinajstić information content (AvgIpc) is 3.08. The molecule has 4 aromatic rings. The molecule has 0 fully saturated rings. The summed E-state index contributed by atoms with van der Waals surface area (Å²) in [6.45, 7) is 2.23. The van der Waals surface area contributed by atoms with E-state index in [9.17, 15) is 0 Å². The van der Waals surface area contributed by atoms with E-state index < -0.39 is 0 Å². The van der Waals surface area contributed by atoms with Gasteiger partial charge < -0.3 is 9.72 Å². The molecule has 124 valence electrons. The Morgan fingerprint density at radius 1 is 0.920 bits per heavy atom. The molecule has 0 aliphatic carbocycles. The number of benzene rings is 2. The van der Waals surface area contributed by atoms with E-state index in [-0.39, 0.29) is 5.92 Å². The van der Waals surface area contributed by atoms with E-state index in [2.05, 4.69) is 71.5 Å². The first-order valence-corrected chi connectivity index (χ1v) is 8.44. The smallest absolute Gasteiger partial charge is 0.238 e. The average molecular weight is 328 g/mol. The minimum absolute atomic E-state index is 0.230. The fourth-order valence-electron chi connectivity index (χ4n) is 3.42. The fourth-order valence-corrected chi connectivity index (χ4v) is 3.42. The van der Waals surface area contributed by atoms with Crippen LogP contribution < -0.4 is 4.74 Å². The van der Waals surface area contributed by atoms with Gasteiger partial charge in [-0.1, -0.05) is 67.6 Å². The standard InChI is InChI=1S/C22H20N2O/c1-15(16-9-5-3-6-10-16)20-19(17-11-7-4-8-12-17)18-13-14-23-22(25-2)21(18)24-20/h3-15,24H,1-2H3. The molecule has 25 heavy (non-hydrogen) atoms. The van der Waals surface area contributed by atoms with Gasteiger partial charge in [0, 0.05) is 28.8 Å². The predicted octanol–water partition coefficient (Wildman–Crippen LogP) is 5.39. The molecule has 0 aliphatic rings. The molecule has 0 aliphatic heterocycles. The second kappa shape index (κ2) is 6.44. The Bertz CT molecular complexity index is 991. The van der Waals surface area contributed by atoms with E-state index in [0.717, 1.165) is 10.9 Å². The van der Waals surface area contributed by atoms with Gasteiger partial charge in [0.15, 0.2) is 0 Å². The van der Waals surface area contributed by atoms with E-state index in [1.54, 1.807) is 13.3 Å². The van der Waals surface area contributed by atoms with Gasteiger partial charge in [-0.2, -0.15) is 0 Å². The number of H-pyrrole nitrogens is 1. The maximum atomic E-state index is 5.47. The van der Waals surface area contributed by atoms with Crippen LogP contribution in [0.3, 0.4) is 0 Å². The highest BCUT2D eigenvalue weighted by molar-refractivity contribution is 5.99. The Morgan fingerprint density at radius 2 is 1.60 bits per heavy atom. The molecule has 0 spiro atoms. The van der Waals surface area contributed by atoms with Crippen molar-refractivity contribution >= 4 is 10.9 Å². The largest absolute Gasteiger partial charge is 0.479 e. The van der Waals surface area contributed by atoms with Crippen molar-refractivity contribution in [3.63, 3.8) is 0 Å². The topological polar surface area (TPSA) is 37.9 Å². The van der Waals surface area contributed by atoms with E-state index in [1.807, 2.05) is 12.1 Å². The lowest BCUT2D eigenvalue weighted by Crippen LogP contribution is -1.98. The van der Waals surface area contributed by atoms with Gasteiger partial charge in [-0.15, -0.1) is 0 Å². The lowest BCUT2D eigenvalue weighted by atomic mass is 9.91. The van der Waals surface area contributed by atoms with Gasteiger partial charge in [0.1, 0.15) is 5.52 Å². The van der Waals surface area contributed by atoms with Gasteiger partial charge in [-0.25, -0.2) is 4.98 Å². The van der Waals surface area contributed by atoms with Crippen molar-refractivity contribution in [3.05, 3.63) is 84.2 Å². The van der Waals surface area contributed by atoms with Gasteiger partial charge in [-0.3, -0.25) is 0 Å². The summed E-state index contributed by atoms with van der Waals surface area (Å²) >= 11 is 0. The summed E-state index contributed by atoms with van der Waals surface area (Å²) in [4.78, 5) is 7.95. The maximum Gasteiger partial charge on any atom is 0.238 e. The summed E-state index contributed by atoms with van der Waals surface area (Å²) in [6.07, 6.45) is 1.80. The van der Waals surface area contributed by atoms with E-state index in [4.69, 9.17) is 4.74 Å². The van der Waals surface area contributed by atoms with Crippen molar-refractivity contribution in [2.75, 3.05) is 7.11 Å². The van der Waals surface area contributed by atoms with Crippen molar-refractivity contribution < 1.29 is 4.74 Å². The molecule has 3 heteroatoms. The van der Waals surface area contributed by atoms with Crippen LogP contribution in [-0.2, 0) is 0 Å². The summed E-state index contributed by atoms with van der Waals surface area (Å²) in [6, 6.07) is 23.1. The number of aromatic amines is 1. The Balaban J connectivity index is 2.00. The predicted molar refractivity (Wildman–Crippen MR) is 102 cm³/mol. The fraction of sp³-hybridized carbons (Fsp3) is 0.136. The first-order chi connectivity index (χ1) is 12.3. The molecule has 0 bridgehead atoms. The molecule has 0 saturated heterocycles. The second-order valence-corrected chi connectivity index (χ2v) is 6.15. The lowest BCUT2D eigenvalue weighted by molar-refractivity contribution is 0.402. The molecule has 1 unspecified atom stereocenters. The van der Waals surface area contributed by atoms with Crippen molar-refractivity contribution in [3.8, 4) is 17.0 Å². The van der Waals surface area contributed by atoms with E-state index in [0.29, 0.717) is 5.88 Å². The Morgan fingerprint density at radius 3 is 2.28 bits per heavy atom. The van der Waals surface area contributed by atoms with Crippen LogP contribution >= 0.6 is 0 Å². The quantitative estimate of drug-likeness (QED) is 0.545. The Kier molecular flexibility index (Phi) is 3.98. The molecule has 2 aromatic carbocycles. The molecule has 0 saturated carbocycles. The molecular weight excluding hydrogens is 308 g/mol. The number of ether oxygens (including phenoxy) is 1. The third-order valence-corrected chi connectivity index (χ3v) is 4.70. The van der Waals surface area contributed by atoms with Crippen LogP contribution in [0.25, 0.3) is 22.0 Å². The number of hydrogen-bond donors (Lipinski definition) is 1. The van der Waals surface area contributed by atoms with Gasteiger partial charge in [0.25, 0.3) is 0 Å². The molecule has 1 atom stereocenters. The molecule has 0 amide bonds. The van der Waals surface area contributed by atoms with Crippen molar-refractivity contribution in [2.45, 2.75) is 12.8 Å². The maximum absolute atomic E-state index is 5.47. The van der Waals surface area contributed by atoms with Gasteiger partial charge in [-0.05, 0) is 17.2 Å². The molecule has 4 rings (SSSR count). The SMILES string of the molecule is COc1nccc2c(-c3ccccc3)c(C(C)c3ccccc3)[nH]c12. The number of pyridine rings is 1. The minimum Gasteiger partial charge on any atom is -0.479 e. The summed E-state index contributed by atoms with van der Waals surface area (Å²) in [7, 11) is 1.66. The van der Waals surface area contributed by atoms with Crippen LogP contribution in [0.5, 0.6) is 5.88 Å². The highest BCUT2D eigenvalue weighted by Crippen LogP contribution is 2.40. The zero-order valence-electron chi connectivity index (χ0n) is 14.4. The summed E-state index contributed by atoms with van der Waals surface area (Å²) < 4.78 is 5.47. The zero-order valence-corrected chi connectivity index (χ0v) is 14.4. The summed E-state index contributed by atoms with van der Waals surface area (Å²) in [5.74, 6) is 0.856.